The van der Waals surface area contributed by atoms with Crippen molar-refractivity contribution < 1.29 is 19.4 Å². The van der Waals surface area contributed by atoms with Crippen LogP contribution in [-0.2, 0) is 22.6 Å². The fraction of sp³-hybridized carbons (Fsp3) is 0.261. The average Bonchev–Trinajstić information content (AvgIpc) is 3.24. The lowest BCUT2D eigenvalue weighted by atomic mass is 10.1. The quantitative estimate of drug-likeness (QED) is 0.557. The Bertz CT molecular complexity index is 971. The molecule has 1 N–H and O–H groups in total. The van der Waals surface area contributed by atoms with Crippen molar-refractivity contribution in [1.29, 1.82) is 0 Å². The van der Waals surface area contributed by atoms with Crippen LogP contribution in [-0.4, -0.2) is 39.9 Å². The predicted octanol–water partition coefficient (Wildman–Crippen LogP) is 3.38. The highest BCUT2D eigenvalue weighted by Gasteiger charge is 2.13. The number of carbonyl (C=O) groups excluding carboxylic acids is 1. The minimum atomic E-state index is -0.853. The lowest BCUT2D eigenvalue weighted by Gasteiger charge is -2.22. The maximum absolute atomic E-state index is 12.1. The molecule has 0 atom stereocenters. The van der Waals surface area contributed by atoms with Gasteiger partial charge in [0, 0.05) is 31.4 Å². The van der Waals surface area contributed by atoms with E-state index in [1.54, 1.807) is 11.1 Å². The van der Waals surface area contributed by atoms with E-state index < -0.39 is 5.97 Å². The molecule has 0 aliphatic rings. The average molecular weight is 407 g/mol. The molecule has 0 saturated carbocycles. The van der Waals surface area contributed by atoms with E-state index >= 15 is 0 Å². The maximum Gasteiger partial charge on any atom is 0.303 e. The Labute approximate surface area is 175 Å². The van der Waals surface area contributed by atoms with Gasteiger partial charge in [0.1, 0.15) is 12.4 Å². The zero-order chi connectivity index (χ0) is 21.3. The molecule has 0 radical (unpaired) electrons. The molecular formula is C23H25N3O4. The van der Waals surface area contributed by atoms with E-state index in [1.165, 1.54) is 6.92 Å². The topological polar surface area (TPSA) is 84.7 Å². The van der Waals surface area contributed by atoms with Crippen LogP contribution in [0.15, 0.2) is 67.0 Å². The summed E-state index contributed by atoms with van der Waals surface area (Å²) in [6, 6.07) is 17.1. The van der Waals surface area contributed by atoms with Crippen molar-refractivity contribution in [1.82, 2.24) is 9.78 Å². The smallest absolute Gasteiger partial charge is 0.303 e. The zero-order valence-corrected chi connectivity index (χ0v) is 16.9. The third-order valence-electron chi connectivity index (χ3n) is 4.66. The first-order valence-electron chi connectivity index (χ1n) is 9.80. The second kappa shape index (κ2) is 10.2. The van der Waals surface area contributed by atoms with Crippen molar-refractivity contribution >= 4 is 17.6 Å². The number of hydrogen-bond acceptors (Lipinski definition) is 4. The first-order valence-corrected chi connectivity index (χ1v) is 9.80. The van der Waals surface area contributed by atoms with Crippen LogP contribution in [0.3, 0.4) is 0 Å². The molecule has 0 aliphatic heterocycles. The number of hydrogen-bond donors (Lipinski definition) is 1. The number of carboxylic acid groups (broad SMARTS) is 1. The summed E-state index contributed by atoms with van der Waals surface area (Å²) >= 11 is 0. The fourth-order valence-electron chi connectivity index (χ4n) is 3.18. The summed E-state index contributed by atoms with van der Waals surface area (Å²) in [4.78, 5) is 24.7. The number of nitrogens with zero attached hydrogens (tertiary/aromatic N) is 3. The Kier molecular flexibility index (Phi) is 7.21. The molecule has 1 amide bonds. The number of carboxylic acids is 1. The second-order valence-corrected chi connectivity index (χ2v) is 6.89. The fourth-order valence-corrected chi connectivity index (χ4v) is 3.18. The minimum absolute atomic E-state index is 0.0262. The van der Waals surface area contributed by atoms with Crippen LogP contribution in [0.4, 0.5) is 5.69 Å². The van der Waals surface area contributed by atoms with Crippen molar-refractivity contribution in [2.24, 2.45) is 0 Å². The Morgan fingerprint density at radius 1 is 1.13 bits per heavy atom. The Morgan fingerprint density at radius 3 is 2.60 bits per heavy atom. The van der Waals surface area contributed by atoms with Gasteiger partial charge >= 0.3 is 5.97 Å². The molecule has 30 heavy (non-hydrogen) atoms. The lowest BCUT2D eigenvalue weighted by Crippen LogP contribution is -2.32. The summed E-state index contributed by atoms with van der Waals surface area (Å²) in [6.07, 6.45) is 4.00. The number of aliphatic carboxylic acids is 1. The number of benzene rings is 2. The van der Waals surface area contributed by atoms with E-state index in [0.717, 1.165) is 16.8 Å². The summed E-state index contributed by atoms with van der Waals surface area (Å²) in [5.74, 6) is -0.283. The summed E-state index contributed by atoms with van der Waals surface area (Å²) < 4.78 is 7.82. The van der Waals surface area contributed by atoms with Crippen molar-refractivity contribution in [3.63, 3.8) is 0 Å². The molecular weight excluding hydrogens is 382 g/mol. The van der Waals surface area contributed by atoms with Crippen molar-refractivity contribution in [3.8, 4) is 5.75 Å². The van der Waals surface area contributed by atoms with Gasteiger partial charge in [-0.25, -0.2) is 0 Å². The Hall–Kier alpha value is -3.61. The van der Waals surface area contributed by atoms with E-state index in [9.17, 15) is 9.59 Å². The molecule has 3 rings (SSSR count). The molecule has 0 bridgehead atoms. The van der Waals surface area contributed by atoms with Gasteiger partial charge in [-0.05, 0) is 41.8 Å². The minimum Gasteiger partial charge on any atom is -0.491 e. The number of ether oxygens (including phenoxy) is 1. The van der Waals surface area contributed by atoms with E-state index in [4.69, 9.17) is 9.84 Å². The summed E-state index contributed by atoms with van der Waals surface area (Å²) in [5, 5.41) is 13.2. The zero-order valence-electron chi connectivity index (χ0n) is 16.9. The largest absolute Gasteiger partial charge is 0.491 e. The van der Waals surface area contributed by atoms with Gasteiger partial charge in [-0.3, -0.25) is 14.3 Å². The molecule has 156 valence electrons. The molecule has 7 heteroatoms. The van der Waals surface area contributed by atoms with Crippen LogP contribution < -0.4 is 9.64 Å². The van der Waals surface area contributed by atoms with Crippen molar-refractivity contribution in [2.75, 3.05) is 18.1 Å². The molecule has 0 spiro atoms. The molecule has 0 aliphatic carbocycles. The van der Waals surface area contributed by atoms with Crippen LogP contribution in [0.25, 0.3) is 0 Å². The number of anilines is 1. The van der Waals surface area contributed by atoms with Crippen LogP contribution >= 0.6 is 0 Å². The van der Waals surface area contributed by atoms with Gasteiger partial charge in [0.05, 0.1) is 13.1 Å². The molecule has 3 aromatic rings. The van der Waals surface area contributed by atoms with E-state index in [-0.39, 0.29) is 12.3 Å². The highest BCUT2D eigenvalue weighted by molar-refractivity contribution is 5.91. The molecule has 0 fully saturated rings. The van der Waals surface area contributed by atoms with E-state index in [1.807, 2.05) is 65.5 Å². The highest BCUT2D eigenvalue weighted by atomic mass is 16.5. The van der Waals surface area contributed by atoms with Crippen molar-refractivity contribution in [3.05, 3.63) is 78.1 Å². The number of amides is 1. The van der Waals surface area contributed by atoms with Crippen LogP contribution in [0.1, 0.15) is 24.5 Å². The Morgan fingerprint density at radius 2 is 1.93 bits per heavy atom. The summed E-state index contributed by atoms with van der Waals surface area (Å²) in [6.45, 7) is 2.79. The normalized spacial score (nSPS) is 10.6. The third kappa shape index (κ3) is 5.94. The first kappa shape index (κ1) is 21.1. The van der Waals surface area contributed by atoms with Crippen LogP contribution in [0.2, 0.25) is 0 Å². The van der Waals surface area contributed by atoms with Gasteiger partial charge in [0.2, 0.25) is 5.91 Å². The van der Waals surface area contributed by atoms with Gasteiger partial charge in [0.15, 0.2) is 0 Å². The summed E-state index contributed by atoms with van der Waals surface area (Å²) in [5.41, 5.74) is 2.64. The van der Waals surface area contributed by atoms with Gasteiger partial charge in [-0.15, -0.1) is 0 Å². The second-order valence-electron chi connectivity index (χ2n) is 6.89. The molecule has 2 aromatic carbocycles. The number of aromatic nitrogens is 2. The van der Waals surface area contributed by atoms with Gasteiger partial charge in [0.25, 0.3) is 0 Å². The SMILES string of the molecule is CC(=O)N(CCOc1cc(Cn2cccn2)ccc1CCC(=O)O)c1ccccc1. The summed E-state index contributed by atoms with van der Waals surface area (Å²) in [7, 11) is 0. The molecule has 1 heterocycles. The molecule has 1 aromatic heterocycles. The van der Waals surface area contributed by atoms with Gasteiger partial charge in [-0.1, -0.05) is 30.3 Å². The standard InChI is InChI=1S/C23H25N3O4/c1-18(27)26(21-6-3-2-4-7-21)14-15-30-22-16-19(17-25-13-5-12-24-25)8-9-20(22)10-11-23(28)29/h2-9,12-13,16H,10-11,14-15,17H2,1H3,(H,28,29). The number of carbonyl (C=O) groups is 2. The van der Waals surface area contributed by atoms with Crippen molar-refractivity contribution in [2.45, 2.75) is 26.3 Å². The Balaban J connectivity index is 1.72. The van der Waals surface area contributed by atoms with Gasteiger partial charge in [-0.2, -0.15) is 5.10 Å². The number of aryl methyl sites for hydroxylation is 1. The highest BCUT2D eigenvalue weighted by Crippen LogP contribution is 2.23. The first-order chi connectivity index (χ1) is 14.5. The molecule has 0 saturated heterocycles. The molecule has 7 nitrogen and oxygen atoms in total. The monoisotopic (exact) mass is 407 g/mol. The van der Waals surface area contributed by atoms with E-state index in [2.05, 4.69) is 5.10 Å². The maximum atomic E-state index is 12.1. The molecule has 0 unspecified atom stereocenters. The number of para-hydroxylation sites is 1. The lowest BCUT2D eigenvalue weighted by molar-refractivity contribution is -0.137. The van der Waals surface area contributed by atoms with Crippen LogP contribution in [0, 0.1) is 0 Å². The third-order valence-corrected chi connectivity index (χ3v) is 4.66. The number of rotatable bonds is 10. The predicted molar refractivity (Wildman–Crippen MR) is 114 cm³/mol. The van der Waals surface area contributed by atoms with Gasteiger partial charge < -0.3 is 14.7 Å². The van der Waals surface area contributed by atoms with Crippen LogP contribution in [0.5, 0.6) is 5.75 Å². The van der Waals surface area contributed by atoms with E-state index in [0.29, 0.717) is 31.9 Å².